The summed E-state index contributed by atoms with van der Waals surface area (Å²) in [5, 5.41) is 0.764. The van der Waals surface area contributed by atoms with E-state index in [2.05, 4.69) is 24.9 Å². The van der Waals surface area contributed by atoms with Crippen molar-refractivity contribution in [3.8, 4) is 0 Å². The average molecular weight is 428 g/mol. The number of amides is 1. The fourth-order valence-corrected chi connectivity index (χ4v) is 5.57. The van der Waals surface area contributed by atoms with Gasteiger partial charge in [0.25, 0.3) is 0 Å². The van der Waals surface area contributed by atoms with Crippen LogP contribution in [-0.4, -0.2) is 47.4 Å². The minimum Gasteiger partial charge on any atom is -0.334 e. The molecule has 1 amide bonds. The number of hydrogen-bond donors (Lipinski definition) is 1. The van der Waals surface area contributed by atoms with E-state index in [1.807, 2.05) is 27.7 Å². The van der Waals surface area contributed by atoms with Crippen LogP contribution in [0.25, 0.3) is 0 Å². The smallest absolute Gasteiger partial charge is 0.334 e. The third-order valence-corrected chi connectivity index (χ3v) is 7.41. The quantitative estimate of drug-likeness (QED) is 0.510. The number of para-hydroxylation sites is 1. The van der Waals surface area contributed by atoms with Crippen LogP contribution in [-0.2, 0) is 30.6 Å². The zero-order valence-electron chi connectivity index (χ0n) is 17.9. The summed E-state index contributed by atoms with van der Waals surface area (Å²) in [6.07, 6.45) is 3.84. The fourth-order valence-electron chi connectivity index (χ4n) is 4.61. The van der Waals surface area contributed by atoms with Crippen LogP contribution in [0.3, 0.4) is 0 Å². The maximum absolute atomic E-state index is 12.9. The molecule has 0 radical (unpaired) electrons. The summed E-state index contributed by atoms with van der Waals surface area (Å²) < 4.78 is 1.89. The molecule has 7 heteroatoms. The molecule has 2 aliphatic rings. The van der Waals surface area contributed by atoms with Gasteiger partial charge in [-0.3, -0.25) is 9.36 Å². The minimum absolute atomic E-state index is 0.0906. The monoisotopic (exact) mass is 427 g/mol. The SMILES string of the molecule is CC[NH+](CC)CCn1c2c(c(SCC(=O)N3CCc4ccccc43)nc1=O)CCC2. The van der Waals surface area contributed by atoms with Gasteiger partial charge in [-0.05, 0) is 51.2 Å². The van der Waals surface area contributed by atoms with Crippen molar-refractivity contribution in [1.82, 2.24) is 9.55 Å². The zero-order chi connectivity index (χ0) is 21.1. The second-order valence-corrected chi connectivity index (χ2v) is 9.01. The molecule has 0 fully saturated rings. The standard InChI is InChI=1S/C23H30N4O2S/c1-3-25(4-2)14-15-27-20-11-7-9-18(20)22(24-23(27)29)30-16-21(28)26-13-12-17-8-5-6-10-19(17)26/h5-6,8,10H,3-4,7,9,11-16H2,1-2H3/p+1. The predicted octanol–water partition coefficient (Wildman–Crippen LogP) is 1.34. The highest BCUT2D eigenvalue weighted by Crippen LogP contribution is 2.31. The number of anilines is 1. The Bertz CT molecular complexity index is 984. The molecular weight excluding hydrogens is 396 g/mol. The number of fused-ring (bicyclic) bond motifs is 2. The van der Waals surface area contributed by atoms with Gasteiger partial charge < -0.3 is 9.80 Å². The Morgan fingerprint density at radius 2 is 1.97 bits per heavy atom. The fraction of sp³-hybridized carbons (Fsp3) is 0.522. The van der Waals surface area contributed by atoms with E-state index in [4.69, 9.17) is 0 Å². The van der Waals surface area contributed by atoms with Crippen LogP contribution in [0.2, 0.25) is 0 Å². The molecule has 0 bridgehead atoms. The number of nitrogens with one attached hydrogen (secondary N) is 1. The second-order valence-electron chi connectivity index (χ2n) is 8.05. The van der Waals surface area contributed by atoms with Gasteiger partial charge >= 0.3 is 5.69 Å². The third-order valence-electron chi connectivity index (χ3n) is 6.41. The van der Waals surface area contributed by atoms with E-state index in [1.165, 1.54) is 27.8 Å². The summed E-state index contributed by atoms with van der Waals surface area (Å²) in [4.78, 5) is 33.4. The molecule has 0 saturated carbocycles. The van der Waals surface area contributed by atoms with Crippen LogP contribution < -0.4 is 15.5 Å². The number of quaternary nitrogens is 1. The van der Waals surface area contributed by atoms with E-state index in [-0.39, 0.29) is 11.6 Å². The molecule has 2 heterocycles. The van der Waals surface area contributed by atoms with Gasteiger partial charge in [-0.25, -0.2) is 4.79 Å². The molecule has 1 aliphatic heterocycles. The van der Waals surface area contributed by atoms with Crippen LogP contribution >= 0.6 is 11.8 Å². The number of hydrogen-bond acceptors (Lipinski definition) is 4. The Morgan fingerprint density at radius 1 is 1.17 bits per heavy atom. The van der Waals surface area contributed by atoms with E-state index in [1.54, 1.807) is 0 Å². The first-order valence-corrected chi connectivity index (χ1v) is 12.1. The second kappa shape index (κ2) is 9.35. The normalized spacial score (nSPS) is 15.0. The van der Waals surface area contributed by atoms with E-state index in [0.29, 0.717) is 5.75 Å². The number of likely N-dealkylation sites (N-methyl/N-ethyl adjacent to an activating group) is 1. The third kappa shape index (κ3) is 4.18. The van der Waals surface area contributed by atoms with E-state index < -0.39 is 0 Å². The lowest BCUT2D eigenvalue weighted by molar-refractivity contribution is -0.897. The maximum Gasteiger partial charge on any atom is 0.349 e. The molecule has 0 atom stereocenters. The molecule has 6 nitrogen and oxygen atoms in total. The van der Waals surface area contributed by atoms with Gasteiger partial charge in [0.1, 0.15) is 5.03 Å². The van der Waals surface area contributed by atoms with Crippen molar-refractivity contribution in [2.75, 3.05) is 36.8 Å². The van der Waals surface area contributed by atoms with Gasteiger partial charge in [0, 0.05) is 23.5 Å². The minimum atomic E-state index is -0.163. The lowest BCUT2D eigenvalue weighted by atomic mass is 10.2. The van der Waals surface area contributed by atoms with Crippen LogP contribution in [0.1, 0.15) is 37.1 Å². The molecule has 1 aromatic heterocycles. The highest BCUT2D eigenvalue weighted by atomic mass is 32.2. The summed E-state index contributed by atoms with van der Waals surface area (Å²) in [6, 6.07) is 8.10. The molecule has 0 spiro atoms. The number of carbonyl (C=O) groups excluding carboxylic acids is 1. The average Bonchev–Trinajstić information content (AvgIpc) is 3.41. The molecule has 0 unspecified atom stereocenters. The molecule has 1 aromatic carbocycles. The van der Waals surface area contributed by atoms with Gasteiger partial charge in [-0.2, -0.15) is 4.98 Å². The summed E-state index contributed by atoms with van der Waals surface area (Å²) in [5.41, 5.74) is 4.42. The number of carbonyl (C=O) groups is 1. The van der Waals surface area contributed by atoms with Crippen molar-refractivity contribution in [1.29, 1.82) is 0 Å². The highest BCUT2D eigenvalue weighted by Gasteiger charge is 2.26. The highest BCUT2D eigenvalue weighted by molar-refractivity contribution is 8.00. The van der Waals surface area contributed by atoms with E-state index in [0.717, 1.165) is 74.8 Å². The summed E-state index contributed by atoms with van der Waals surface area (Å²) in [6.45, 7) is 8.90. The summed E-state index contributed by atoms with van der Waals surface area (Å²) in [7, 11) is 0. The Balaban J connectivity index is 1.48. The van der Waals surface area contributed by atoms with Crippen LogP contribution in [0.4, 0.5) is 5.69 Å². The molecular formula is C23H31N4O2S+. The lowest BCUT2D eigenvalue weighted by Gasteiger charge is -2.19. The molecule has 2 aromatic rings. The number of nitrogens with zero attached hydrogens (tertiary/aromatic N) is 3. The Morgan fingerprint density at radius 3 is 2.77 bits per heavy atom. The molecule has 4 rings (SSSR count). The molecule has 0 saturated heterocycles. The first-order chi connectivity index (χ1) is 14.6. The lowest BCUT2D eigenvalue weighted by Crippen LogP contribution is -3.11. The number of thioether (sulfide) groups is 1. The van der Waals surface area contributed by atoms with Gasteiger partial charge in [0.2, 0.25) is 5.91 Å². The first-order valence-electron chi connectivity index (χ1n) is 11.1. The van der Waals surface area contributed by atoms with Crippen molar-refractivity contribution in [3.05, 3.63) is 51.6 Å². The summed E-state index contributed by atoms with van der Waals surface area (Å²) >= 11 is 1.43. The topological polar surface area (TPSA) is 59.6 Å². The number of aromatic nitrogens is 2. The Hall–Kier alpha value is -2.12. The Kier molecular flexibility index (Phi) is 6.58. The van der Waals surface area contributed by atoms with Crippen molar-refractivity contribution >= 4 is 23.4 Å². The molecule has 30 heavy (non-hydrogen) atoms. The van der Waals surface area contributed by atoms with Gasteiger partial charge in [0.15, 0.2) is 0 Å². The largest absolute Gasteiger partial charge is 0.349 e. The zero-order valence-corrected chi connectivity index (χ0v) is 18.8. The van der Waals surface area contributed by atoms with Crippen molar-refractivity contribution < 1.29 is 9.69 Å². The maximum atomic E-state index is 12.9. The van der Waals surface area contributed by atoms with Crippen molar-refractivity contribution in [3.63, 3.8) is 0 Å². The number of rotatable bonds is 8. The first kappa shape index (κ1) is 21.1. The van der Waals surface area contributed by atoms with Gasteiger partial charge in [0.05, 0.1) is 31.9 Å². The Labute approximate surface area is 182 Å². The predicted molar refractivity (Wildman–Crippen MR) is 121 cm³/mol. The van der Waals surface area contributed by atoms with Gasteiger partial charge in [-0.1, -0.05) is 30.0 Å². The van der Waals surface area contributed by atoms with Crippen LogP contribution in [0.15, 0.2) is 34.1 Å². The number of benzene rings is 1. The van der Waals surface area contributed by atoms with Crippen molar-refractivity contribution in [2.24, 2.45) is 0 Å². The van der Waals surface area contributed by atoms with Crippen LogP contribution in [0, 0.1) is 0 Å². The summed E-state index contributed by atoms with van der Waals surface area (Å²) in [5.74, 6) is 0.411. The molecule has 1 N–H and O–H groups in total. The molecule has 1 aliphatic carbocycles. The van der Waals surface area contributed by atoms with E-state index >= 15 is 0 Å². The van der Waals surface area contributed by atoms with Crippen LogP contribution in [0.5, 0.6) is 0 Å². The van der Waals surface area contributed by atoms with E-state index in [9.17, 15) is 9.59 Å². The van der Waals surface area contributed by atoms with Crippen molar-refractivity contribution in [2.45, 2.75) is 51.1 Å². The molecule has 160 valence electrons. The van der Waals surface area contributed by atoms with Gasteiger partial charge in [-0.15, -0.1) is 0 Å².